The van der Waals surface area contributed by atoms with Crippen molar-refractivity contribution in [1.82, 2.24) is 15.1 Å². The third kappa shape index (κ3) is 5.42. The summed E-state index contributed by atoms with van der Waals surface area (Å²) in [5, 5.41) is 12.1. The van der Waals surface area contributed by atoms with Crippen LogP contribution < -0.4 is 5.32 Å². The van der Waals surface area contributed by atoms with Crippen molar-refractivity contribution in [3.63, 3.8) is 0 Å². The first-order valence-corrected chi connectivity index (χ1v) is 9.74. The number of halogens is 1. The number of amides is 3. The Morgan fingerprint density at radius 1 is 1.26 bits per heavy atom. The van der Waals surface area contributed by atoms with Gasteiger partial charge in [-0.05, 0) is 37.7 Å². The molecular weight excluding hydrogens is 349 g/mol. The molecule has 1 heterocycles. The quantitative estimate of drug-likeness (QED) is 0.763. The van der Waals surface area contributed by atoms with Crippen molar-refractivity contribution in [3.8, 4) is 0 Å². The fraction of sp³-hybridized carbons (Fsp3) is 0.600. The normalized spacial score (nSPS) is 19.6. The van der Waals surface area contributed by atoms with Crippen LogP contribution in [0.1, 0.15) is 31.2 Å². The summed E-state index contributed by atoms with van der Waals surface area (Å²) in [5.41, 5.74) is 0.417. The van der Waals surface area contributed by atoms with E-state index in [2.05, 4.69) is 5.32 Å². The Hall–Kier alpha value is -2.15. The van der Waals surface area contributed by atoms with Crippen molar-refractivity contribution in [1.29, 1.82) is 0 Å². The average molecular weight is 377 g/mol. The number of carbonyl (C=O) groups is 2. The summed E-state index contributed by atoms with van der Waals surface area (Å²) in [5.74, 6) is 0.344. The van der Waals surface area contributed by atoms with Gasteiger partial charge in [-0.25, -0.2) is 9.18 Å². The highest BCUT2D eigenvalue weighted by Gasteiger charge is 2.35. The SMILES string of the molecule is O=C(NC[C@@H]1CCCN(C(=O)C2CC2)C1)N(CCO)Cc1ccccc1F. The van der Waals surface area contributed by atoms with E-state index in [1.807, 2.05) is 4.90 Å². The standard InChI is InChI=1S/C20H28FN3O3/c21-18-6-2-1-5-17(18)14-24(10-11-25)20(27)22-12-15-4-3-9-23(13-15)19(26)16-7-8-16/h1-2,5-6,15-16,25H,3-4,7-14H2,(H,22,27)/t15-/m0/s1. The van der Waals surface area contributed by atoms with E-state index in [0.717, 1.165) is 32.2 Å². The minimum atomic E-state index is -0.366. The maximum Gasteiger partial charge on any atom is 0.317 e. The Morgan fingerprint density at radius 3 is 2.74 bits per heavy atom. The van der Waals surface area contributed by atoms with Crippen molar-refractivity contribution in [2.24, 2.45) is 11.8 Å². The second kappa shape index (κ2) is 9.17. The number of piperidine rings is 1. The molecule has 27 heavy (non-hydrogen) atoms. The Bertz CT molecular complexity index is 666. The number of benzene rings is 1. The molecule has 3 rings (SSSR count). The molecule has 1 aromatic rings. The van der Waals surface area contributed by atoms with Gasteiger partial charge >= 0.3 is 6.03 Å². The molecule has 3 amide bonds. The molecule has 2 N–H and O–H groups in total. The Labute approximate surface area is 159 Å². The van der Waals surface area contributed by atoms with Gasteiger partial charge in [0.15, 0.2) is 0 Å². The number of aliphatic hydroxyl groups excluding tert-OH is 1. The van der Waals surface area contributed by atoms with E-state index < -0.39 is 0 Å². The third-order valence-corrected chi connectivity index (χ3v) is 5.28. The number of urea groups is 1. The molecule has 2 aliphatic rings. The van der Waals surface area contributed by atoms with Crippen molar-refractivity contribution >= 4 is 11.9 Å². The molecule has 1 aliphatic heterocycles. The van der Waals surface area contributed by atoms with E-state index in [1.54, 1.807) is 18.2 Å². The van der Waals surface area contributed by atoms with Gasteiger partial charge < -0.3 is 20.2 Å². The van der Waals surface area contributed by atoms with Gasteiger partial charge in [-0.1, -0.05) is 18.2 Å². The molecule has 1 saturated heterocycles. The zero-order chi connectivity index (χ0) is 19.2. The van der Waals surface area contributed by atoms with Crippen LogP contribution in [0.25, 0.3) is 0 Å². The van der Waals surface area contributed by atoms with Crippen LogP contribution in [0.15, 0.2) is 24.3 Å². The highest BCUT2D eigenvalue weighted by atomic mass is 19.1. The molecule has 7 heteroatoms. The van der Waals surface area contributed by atoms with Crippen LogP contribution in [0.3, 0.4) is 0 Å². The molecule has 0 aromatic heterocycles. The topological polar surface area (TPSA) is 72.9 Å². The predicted octanol–water partition coefficient (Wildman–Crippen LogP) is 1.98. The minimum Gasteiger partial charge on any atom is -0.395 e. The first kappa shape index (κ1) is 19.6. The molecule has 148 valence electrons. The van der Waals surface area contributed by atoms with Crippen LogP contribution in [0.2, 0.25) is 0 Å². The van der Waals surface area contributed by atoms with Crippen molar-refractivity contribution < 1.29 is 19.1 Å². The highest BCUT2D eigenvalue weighted by molar-refractivity contribution is 5.81. The summed E-state index contributed by atoms with van der Waals surface area (Å²) in [6.07, 6.45) is 3.93. The van der Waals surface area contributed by atoms with Crippen LogP contribution in [0.4, 0.5) is 9.18 Å². The first-order chi connectivity index (χ1) is 13.1. The summed E-state index contributed by atoms with van der Waals surface area (Å²) >= 11 is 0. The maximum atomic E-state index is 13.9. The summed E-state index contributed by atoms with van der Waals surface area (Å²) in [6, 6.07) is 6.00. The lowest BCUT2D eigenvalue weighted by Crippen LogP contribution is -2.47. The van der Waals surface area contributed by atoms with Gasteiger partial charge in [-0.2, -0.15) is 0 Å². The Morgan fingerprint density at radius 2 is 2.04 bits per heavy atom. The number of hydrogen-bond acceptors (Lipinski definition) is 3. The van der Waals surface area contributed by atoms with E-state index in [1.165, 1.54) is 11.0 Å². The van der Waals surface area contributed by atoms with Gasteiger partial charge in [0.05, 0.1) is 13.2 Å². The average Bonchev–Trinajstić information content (AvgIpc) is 3.52. The summed E-state index contributed by atoms with van der Waals surface area (Å²) in [7, 11) is 0. The molecule has 6 nitrogen and oxygen atoms in total. The smallest absolute Gasteiger partial charge is 0.317 e. The van der Waals surface area contributed by atoms with Gasteiger partial charge in [-0.3, -0.25) is 4.79 Å². The fourth-order valence-corrected chi connectivity index (χ4v) is 3.57. The molecule has 1 saturated carbocycles. The highest BCUT2D eigenvalue weighted by Crippen LogP contribution is 2.32. The van der Waals surface area contributed by atoms with Gasteiger partial charge in [0.25, 0.3) is 0 Å². The number of rotatable bonds is 7. The number of likely N-dealkylation sites (tertiary alicyclic amines) is 1. The number of hydrogen-bond donors (Lipinski definition) is 2. The van der Waals surface area contributed by atoms with Gasteiger partial charge in [0.2, 0.25) is 5.91 Å². The number of carbonyl (C=O) groups excluding carboxylic acids is 2. The molecule has 0 radical (unpaired) electrons. The number of nitrogens with zero attached hydrogens (tertiary/aromatic N) is 2. The Balaban J connectivity index is 1.51. The molecule has 1 aliphatic carbocycles. The number of nitrogens with one attached hydrogen (secondary N) is 1. The molecular formula is C20H28FN3O3. The second-order valence-corrected chi connectivity index (χ2v) is 7.49. The van der Waals surface area contributed by atoms with Crippen LogP contribution in [-0.2, 0) is 11.3 Å². The van der Waals surface area contributed by atoms with E-state index in [4.69, 9.17) is 0 Å². The zero-order valence-electron chi connectivity index (χ0n) is 15.6. The van der Waals surface area contributed by atoms with E-state index >= 15 is 0 Å². The largest absolute Gasteiger partial charge is 0.395 e. The third-order valence-electron chi connectivity index (χ3n) is 5.28. The molecule has 1 atom stereocenters. The van der Waals surface area contributed by atoms with Crippen molar-refractivity contribution in [3.05, 3.63) is 35.6 Å². The fourth-order valence-electron chi connectivity index (χ4n) is 3.57. The summed E-state index contributed by atoms with van der Waals surface area (Å²) < 4.78 is 13.9. The lowest BCUT2D eigenvalue weighted by Gasteiger charge is -2.33. The van der Waals surface area contributed by atoms with Crippen LogP contribution in [0.5, 0.6) is 0 Å². The molecule has 0 unspecified atom stereocenters. The predicted molar refractivity (Wildman–Crippen MR) is 99.3 cm³/mol. The van der Waals surface area contributed by atoms with Gasteiger partial charge in [0.1, 0.15) is 5.82 Å². The van der Waals surface area contributed by atoms with E-state index in [-0.39, 0.29) is 49.3 Å². The first-order valence-electron chi connectivity index (χ1n) is 9.74. The summed E-state index contributed by atoms with van der Waals surface area (Å²) in [4.78, 5) is 28.1. The Kier molecular flexibility index (Phi) is 6.66. The molecule has 0 bridgehead atoms. The van der Waals surface area contributed by atoms with E-state index in [0.29, 0.717) is 18.7 Å². The zero-order valence-corrected chi connectivity index (χ0v) is 15.6. The van der Waals surface area contributed by atoms with Gasteiger partial charge in [-0.15, -0.1) is 0 Å². The van der Waals surface area contributed by atoms with E-state index in [9.17, 15) is 19.1 Å². The molecule has 0 spiro atoms. The van der Waals surface area contributed by atoms with Crippen molar-refractivity contribution in [2.75, 3.05) is 32.8 Å². The van der Waals surface area contributed by atoms with Gasteiger partial charge in [0, 0.05) is 37.7 Å². The van der Waals surface area contributed by atoms with Crippen LogP contribution in [-0.4, -0.2) is 59.6 Å². The monoisotopic (exact) mass is 377 g/mol. The van der Waals surface area contributed by atoms with Crippen LogP contribution in [0, 0.1) is 17.7 Å². The maximum absolute atomic E-state index is 13.9. The lowest BCUT2D eigenvalue weighted by atomic mass is 9.97. The summed E-state index contributed by atoms with van der Waals surface area (Å²) in [6.45, 7) is 2.03. The second-order valence-electron chi connectivity index (χ2n) is 7.49. The molecule has 1 aromatic carbocycles. The van der Waals surface area contributed by atoms with Crippen LogP contribution >= 0.6 is 0 Å². The lowest BCUT2D eigenvalue weighted by molar-refractivity contribution is -0.134. The molecule has 2 fully saturated rings. The number of aliphatic hydroxyl groups is 1. The van der Waals surface area contributed by atoms with Crippen molar-refractivity contribution in [2.45, 2.75) is 32.2 Å². The minimum absolute atomic E-state index is 0.107.